The van der Waals surface area contributed by atoms with E-state index in [1.807, 2.05) is 0 Å². The molecule has 0 bridgehead atoms. The smallest absolute Gasteiger partial charge is 0.342 e. The van der Waals surface area contributed by atoms with E-state index in [2.05, 4.69) is 15.2 Å². The van der Waals surface area contributed by atoms with Crippen molar-refractivity contribution < 1.29 is 22.4 Å². The molecule has 1 saturated carbocycles. The van der Waals surface area contributed by atoms with Crippen LogP contribution in [-0.2, 0) is 10.2 Å². The molecule has 1 aromatic carbocycles. The fraction of sp³-hybridized carbons (Fsp3) is 0.550. The fourth-order valence-corrected chi connectivity index (χ4v) is 4.25. The van der Waals surface area contributed by atoms with Crippen LogP contribution in [-0.4, -0.2) is 45.3 Å². The first-order valence-corrected chi connectivity index (χ1v) is 9.75. The van der Waals surface area contributed by atoms with Gasteiger partial charge in [-0.2, -0.15) is 18.3 Å². The Balaban J connectivity index is 1.43. The second-order valence-electron chi connectivity index (χ2n) is 8.03. The third kappa shape index (κ3) is 3.74. The molecule has 2 heterocycles. The molecular weight excluding hydrogens is 388 g/mol. The Morgan fingerprint density at radius 1 is 1.21 bits per heavy atom. The molecule has 1 saturated heterocycles. The number of likely N-dealkylation sites (tertiary alicyclic amines) is 1. The third-order valence-electron chi connectivity index (χ3n) is 6.30. The lowest BCUT2D eigenvalue weighted by Crippen LogP contribution is -2.46. The highest BCUT2D eigenvalue weighted by Crippen LogP contribution is 2.55. The van der Waals surface area contributed by atoms with E-state index in [1.165, 1.54) is 17.0 Å². The lowest BCUT2D eigenvalue weighted by Gasteiger charge is -2.37. The van der Waals surface area contributed by atoms with Gasteiger partial charge in [0.15, 0.2) is 5.82 Å². The number of piperidine rings is 1. The lowest BCUT2D eigenvalue weighted by atomic mass is 9.80. The van der Waals surface area contributed by atoms with Gasteiger partial charge >= 0.3 is 6.18 Å². The van der Waals surface area contributed by atoms with E-state index in [1.54, 1.807) is 12.1 Å². The Labute approximate surface area is 165 Å². The topological polar surface area (TPSA) is 61.9 Å². The van der Waals surface area contributed by atoms with E-state index < -0.39 is 18.0 Å². The minimum absolute atomic E-state index is 0.157. The molecule has 4 rings (SSSR count). The number of amides is 1. The number of halogens is 4. The van der Waals surface area contributed by atoms with Gasteiger partial charge in [0.2, 0.25) is 5.91 Å². The van der Waals surface area contributed by atoms with Gasteiger partial charge in [0.1, 0.15) is 17.6 Å². The van der Waals surface area contributed by atoms with Gasteiger partial charge in [-0.3, -0.25) is 9.89 Å². The van der Waals surface area contributed by atoms with Crippen molar-refractivity contribution in [2.24, 2.45) is 11.8 Å². The first-order chi connectivity index (χ1) is 13.7. The Bertz CT molecular complexity index is 881. The number of hydrogen-bond donors (Lipinski definition) is 1. The van der Waals surface area contributed by atoms with Gasteiger partial charge in [0.05, 0.1) is 0 Å². The van der Waals surface area contributed by atoms with E-state index in [0.717, 1.165) is 25.6 Å². The maximum Gasteiger partial charge on any atom is 0.400 e. The van der Waals surface area contributed by atoms with Crippen molar-refractivity contribution in [3.8, 4) is 11.4 Å². The Hall–Kier alpha value is -2.45. The van der Waals surface area contributed by atoms with Crippen LogP contribution in [0, 0.1) is 17.7 Å². The van der Waals surface area contributed by atoms with Gasteiger partial charge in [-0.1, -0.05) is 0 Å². The molecule has 5 nitrogen and oxygen atoms in total. The van der Waals surface area contributed by atoms with Crippen molar-refractivity contribution in [3.05, 3.63) is 35.9 Å². The highest BCUT2D eigenvalue weighted by molar-refractivity contribution is 5.79. The predicted molar refractivity (Wildman–Crippen MR) is 97.2 cm³/mol. The molecule has 1 amide bonds. The molecule has 2 aliphatic rings. The Morgan fingerprint density at radius 3 is 2.38 bits per heavy atom. The van der Waals surface area contributed by atoms with Crippen molar-refractivity contribution >= 4 is 5.91 Å². The van der Waals surface area contributed by atoms with Crippen LogP contribution in [0.5, 0.6) is 0 Å². The van der Waals surface area contributed by atoms with Crippen molar-refractivity contribution in [3.63, 3.8) is 0 Å². The number of aromatic amines is 1. The Kier molecular flexibility index (Phi) is 4.86. The summed E-state index contributed by atoms with van der Waals surface area (Å²) in [5.74, 6) is -1.64. The molecule has 1 aliphatic carbocycles. The van der Waals surface area contributed by atoms with Gasteiger partial charge in [0.25, 0.3) is 0 Å². The normalized spacial score (nSPS) is 20.5. The number of H-pyrrole nitrogens is 1. The monoisotopic (exact) mass is 410 g/mol. The molecular formula is C20H22F4N4O. The number of nitrogens with one attached hydrogen (secondary N) is 1. The number of rotatable bonds is 4. The quantitative estimate of drug-likeness (QED) is 0.773. The molecule has 0 radical (unpaired) electrons. The summed E-state index contributed by atoms with van der Waals surface area (Å²) in [6.07, 6.45) is -1.36. The number of carbonyl (C=O) groups is 1. The summed E-state index contributed by atoms with van der Waals surface area (Å²) in [4.78, 5) is 18.1. The summed E-state index contributed by atoms with van der Waals surface area (Å²) >= 11 is 0. The van der Waals surface area contributed by atoms with Crippen molar-refractivity contribution in [1.82, 2.24) is 20.1 Å². The van der Waals surface area contributed by atoms with Crippen LogP contribution in [0.2, 0.25) is 0 Å². The molecule has 2 aromatic rings. The van der Waals surface area contributed by atoms with Crippen LogP contribution >= 0.6 is 0 Å². The highest BCUT2D eigenvalue weighted by Gasteiger charge is 2.54. The zero-order valence-electron chi connectivity index (χ0n) is 16.0. The van der Waals surface area contributed by atoms with Crippen molar-refractivity contribution in [2.45, 2.75) is 44.2 Å². The molecule has 1 N–H and O–H groups in total. The lowest BCUT2D eigenvalue weighted by molar-refractivity contribution is -0.186. The van der Waals surface area contributed by atoms with Gasteiger partial charge in [-0.05, 0) is 62.8 Å². The number of benzene rings is 1. The summed E-state index contributed by atoms with van der Waals surface area (Å²) in [5, 5.41) is 7.27. The molecule has 2 fully saturated rings. The van der Waals surface area contributed by atoms with E-state index in [4.69, 9.17) is 0 Å². The van der Waals surface area contributed by atoms with Gasteiger partial charge < -0.3 is 4.90 Å². The molecule has 9 heteroatoms. The number of carbonyl (C=O) groups excluding carboxylic acids is 1. The molecule has 156 valence electrons. The predicted octanol–water partition coefficient (Wildman–Crippen LogP) is 4.08. The SMILES string of the molecule is C[C@@H](C(=O)N1CCC(C2(c3nc(-c4ccc(F)cc4)n[nH]3)CC2)CC1)C(F)(F)F. The van der Waals surface area contributed by atoms with Crippen LogP contribution < -0.4 is 0 Å². The molecule has 1 atom stereocenters. The zero-order chi connectivity index (χ0) is 20.8. The fourth-order valence-electron chi connectivity index (χ4n) is 4.25. The summed E-state index contributed by atoms with van der Waals surface area (Å²) < 4.78 is 51.6. The van der Waals surface area contributed by atoms with E-state index in [-0.39, 0.29) is 17.2 Å². The molecule has 0 unspecified atom stereocenters. The van der Waals surface area contributed by atoms with Crippen LogP contribution in [0.15, 0.2) is 24.3 Å². The first-order valence-electron chi connectivity index (χ1n) is 9.75. The third-order valence-corrected chi connectivity index (χ3v) is 6.30. The van der Waals surface area contributed by atoms with Crippen molar-refractivity contribution in [1.29, 1.82) is 0 Å². The highest BCUT2D eigenvalue weighted by atomic mass is 19.4. The van der Waals surface area contributed by atoms with Crippen LogP contribution in [0.4, 0.5) is 17.6 Å². The van der Waals surface area contributed by atoms with Crippen molar-refractivity contribution in [2.75, 3.05) is 13.1 Å². The van der Waals surface area contributed by atoms with E-state index in [9.17, 15) is 22.4 Å². The second kappa shape index (κ2) is 7.11. The summed E-state index contributed by atoms with van der Waals surface area (Å²) in [6.45, 7) is 1.57. The van der Waals surface area contributed by atoms with E-state index in [0.29, 0.717) is 37.3 Å². The Morgan fingerprint density at radius 2 is 1.83 bits per heavy atom. The number of alkyl halides is 3. The average molecular weight is 410 g/mol. The standard InChI is InChI=1S/C20H22F4N4O/c1-12(20(22,23)24)17(29)28-10-6-14(7-11-28)19(8-9-19)18-25-16(26-27-18)13-2-4-15(21)5-3-13/h2-5,12,14H,6-11H2,1H3,(H,25,26,27)/t12-/m0/s1. The molecule has 0 spiro atoms. The van der Waals surface area contributed by atoms with Crippen LogP contribution in [0.1, 0.15) is 38.4 Å². The van der Waals surface area contributed by atoms with Gasteiger partial charge in [0, 0.05) is 24.1 Å². The van der Waals surface area contributed by atoms with Gasteiger partial charge in [-0.25, -0.2) is 9.37 Å². The average Bonchev–Trinajstić information content (AvgIpc) is 3.36. The van der Waals surface area contributed by atoms with Crippen LogP contribution in [0.3, 0.4) is 0 Å². The maximum absolute atomic E-state index is 13.1. The zero-order valence-corrected chi connectivity index (χ0v) is 16.0. The minimum Gasteiger partial charge on any atom is -0.342 e. The van der Waals surface area contributed by atoms with Gasteiger partial charge in [-0.15, -0.1) is 0 Å². The summed E-state index contributed by atoms with van der Waals surface area (Å²) in [5.41, 5.74) is 0.557. The minimum atomic E-state index is -4.51. The van der Waals surface area contributed by atoms with E-state index >= 15 is 0 Å². The number of nitrogens with zero attached hydrogens (tertiary/aromatic N) is 3. The summed E-state index contributed by atoms with van der Waals surface area (Å²) in [6, 6.07) is 5.95. The number of aromatic nitrogens is 3. The molecule has 1 aromatic heterocycles. The largest absolute Gasteiger partial charge is 0.400 e. The first kappa shape index (κ1) is 19.8. The second-order valence-corrected chi connectivity index (χ2v) is 8.03. The summed E-state index contributed by atoms with van der Waals surface area (Å²) in [7, 11) is 0. The van der Waals surface area contributed by atoms with Crippen LogP contribution in [0.25, 0.3) is 11.4 Å². The molecule has 1 aliphatic heterocycles. The number of hydrogen-bond acceptors (Lipinski definition) is 3. The maximum atomic E-state index is 13.1. The molecule has 29 heavy (non-hydrogen) atoms.